The number of hydrogen-bond acceptors (Lipinski definition) is 3. The van der Waals surface area contributed by atoms with E-state index >= 15 is 0 Å². The molecule has 0 aliphatic heterocycles. The summed E-state index contributed by atoms with van der Waals surface area (Å²) < 4.78 is 0. The number of nitrogen functional groups attached to an aromatic ring is 1. The predicted octanol–water partition coefficient (Wildman–Crippen LogP) is 3.63. The molecule has 2 N–H and O–H groups in total. The molecule has 21 heavy (non-hydrogen) atoms. The van der Waals surface area contributed by atoms with Crippen molar-refractivity contribution in [2.24, 2.45) is 0 Å². The topological polar surface area (TPSA) is 59.2 Å². The van der Waals surface area contributed by atoms with Gasteiger partial charge in [-0.05, 0) is 31.2 Å². The van der Waals surface area contributed by atoms with Gasteiger partial charge >= 0.3 is 0 Å². The number of nitrogens with two attached hydrogens (primary N) is 1. The molecule has 1 aromatic carbocycles. The fourth-order valence-electron chi connectivity index (χ4n) is 1.90. The second-order valence-electron chi connectivity index (χ2n) is 4.49. The molecule has 0 fully saturated rings. The SMILES string of the molecule is CCN(Cc1ccccn1)C(=O)c1cc(Cl)c(N)c(Cl)c1. The van der Waals surface area contributed by atoms with Crippen LogP contribution in [0.1, 0.15) is 23.0 Å². The number of benzene rings is 1. The fourth-order valence-corrected chi connectivity index (χ4v) is 2.39. The van der Waals surface area contributed by atoms with Crippen LogP contribution in [0.2, 0.25) is 10.0 Å². The molecule has 0 spiro atoms. The van der Waals surface area contributed by atoms with Crippen LogP contribution in [0.15, 0.2) is 36.5 Å². The van der Waals surface area contributed by atoms with E-state index in [9.17, 15) is 4.79 Å². The molecule has 1 aromatic heterocycles. The minimum atomic E-state index is -0.160. The first-order chi connectivity index (χ1) is 10.0. The van der Waals surface area contributed by atoms with Gasteiger partial charge in [-0.2, -0.15) is 0 Å². The number of amides is 1. The maximum Gasteiger partial charge on any atom is 0.254 e. The monoisotopic (exact) mass is 323 g/mol. The Morgan fingerprint density at radius 2 is 1.95 bits per heavy atom. The predicted molar refractivity (Wildman–Crippen MR) is 85.5 cm³/mol. The van der Waals surface area contributed by atoms with Crippen molar-refractivity contribution in [3.8, 4) is 0 Å². The molecule has 0 saturated heterocycles. The molecule has 1 heterocycles. The van der Waals surface area contributed by atoms with Gasteiger partial charge in [0.2, 0.25) is 0 Å². The van der Waals surface area contributed by atoms with Gasteiger partial charge in [0.15, 0.2) is 0 Å². The minimum Gasteiger partial charge on any atom is -0.396 e. The number of nitrogens with zero attached hydrogens (tertiary/aromatic N) is 2. The van der Waals surface area contributed by atoms with Crippen molar-refractivity contribution in [3.63, 3.8) is 0 Å². The van der Waals surface area contributed by atoms with E-state index in [1.807, 2.05) is 25.1 Å². The molecule has 2 aromatic rings. The maximum absolute atomic E-state index is 12.5. The molecular formula is C15H15Cl2N3O. The first-order valence-corrected chi connectivity index (χ1v) is 7.22. The van der Waals surface area contributed by atoms with Crippen LogP contribution in [0.5, 0.6) is 0 Å². The summed E-state index contributed by atoms with van der Waals surface area (Å²) in [6.07, 6.45) is 1.70. The molecule has 2 rings (SSSR count). The lowest BCUT2D eigenvalue weighted by Gasteiger charge is -2.21. The maximum atomic E-state index is 12.5. The Bertz CT molecular complexity index is 624. The molecule has 0 bridgehead atoms. The van der Waals surface area contributed by atoms with Crippen LogP contribution in [0, 0.1) is 0 Å². The lowest BCUT2D eigenvalue weighted by Crippen LogP contribution is -2.30. The number of pyridine rings is 1. The van der Waals surface area contributed by atoms with Crippen molar-refractivity contribution in [1.82, 2.24) is 9.88 Å². The van der Waals surface area contributed by atoms with E-state index in [0.29, 0.717) is 18.7 Å². The van der Waals surface area contributed by atoms with Crippen molar-refractivity contribution >= 4 is 34.8 Å². The Hall–Kier alpha value is -1.78. The van der Waals surface area contributed by atoms with Crippen molar-refractivity contribution in [3.05, 3.63) is 57.8 Å². The third kappa shape index (κ3) is 3.65. The summed E-state index contributed by atoms with van der Waals surface area (Å²) in [5.74, 6) is -0.160. The van der Waals surface area contributed by atoms with Crippen molar-refractivity contribution in [1.29, 1.82) is 0 Å². The standard InChI is InChI=1S/C15H15Cl2N3O/c1-2-20(9-11-5-3-4-6-19-11)15(21)10-7-12(16)14(18)13(17)8-10/h3-8H,2,9,18H2,1H3. The first kappa shape index (κ1) is 15.6. The number of aromatic nitrogens is 1. The summed E-state index contributed by atoms with van der Waals surface area (Å²) in [7, 11) is 0. The van der Waals surface area contributed by atoms with Gasteiger partial charge in [-0.25, -0.2) is 0 Å². The van der Waals surface area contributed by atoms with Gasteiger partial charge in [0, 0.05) is 18.3 Å². The Morgan fingerprint density at radius 3 is 2.48 bits per heavy atom. The van der Waals surface area contributed by atoms with Gasteiger partial charge in [-0.3, -0.25) is 9.78 Å². The van der Waals surface area contributed by atoms with E-state index in [4.69, 9.17) is 28.9 Å². The first-order valence-electron chi connectivity index (χ1n) is 6.46. The highest BCUT2D eigenvalue weighted by molar-refractivity contribution is 6.39. The second-order valence-corrected chi connectivity index (χ2v) is 5.31. The molecule has 1 amide bonds. The number of anilines is 1. The van der Waals surface area contributed by atoms with Gasteiger partial charge in [0.1, 0.15) is 0 Å². The van der Waals surface area contributed by atoms with E-state index < -0.39 is 0 Å². The summed E-state index contributed by atoms with van der Waals surface area (Å²) >= 11 is 12.0. The Morgan fingerprint density at radius 1 is 1.29 bits per heavy atom. The highest BCUT2D eigenvalue weighted by Gasteiger charge is 2.17. The molecule has 6 heteroatoms. The Labute approximate surface area is 133 Å². The highest BCUT2D eigenvalue weighted by Crippen LogP contribution is 2.29. The molecule has 110 valence electrons. The van der Waals surface area contributed by atoms with E-state index in [0.717, 1.165) is 5.69 Å². The molecule has 0 aliphatic rings. The van der Waals surface area contributed by atoms with E-state index in [1.165, 1.54) is 12.1 Å². The summed E-state index contributed by atoms with van der Waals surface area (Å²) in [5.41, 5.74) is 7.20. The number of rotatable bonds is 4. The van der Waals surface area contributed by atoms with Crippen LogP contribution >= 0.6 is 23.2 Å². The minimum absolute atomic E-state index is 0.160. The number of halogens is 2. The normalized spacial score (nSPS) is 10.4. The average Bonchev–Trinajstić information content (AvgIpc) is 2.50. The zero-order valence-corrected chi connectivity index (χ0v) is 13.0. The van der Waals surface area contributed by atoms with Crippen LogP contribution in [-0.2, 0) is 6.54 Å². The van der Waals surface area contributed by atoms with Gasteiger partial charge in [0.05, 0.1) is 28.0 Å². The second kappa shape index (κ2) is 6.78. The Balaban J connectivity index is 2.24. The lowest BCUT2D eigenvalue weighted by atomic mass is 10.1. The summed E-state index contributed by atoms with van der Waals surface area (Å²) in [5, 5.41) is 0.555. The Kier molecular flexibility index (Phi) is 5.04. The quantitative estimate of drug-likeness (QED) is 0.874. The molecule has 0 atom stereocenters. The van der Waals surface area contributed by atoms with Crippen LogP contribution in [0.4, 0.5) is 5.69 Å². The molecule has 0 radical (unpaired) electrons. The van der Waals surface area contributed by atoms with Gasteiger partial charge < -0.3 is 10.6 Å². The molecule has 0 aliphatic carbocycles. The van der Waals surface area contributed by atoms with E-state index in [2.05, 4.69) is 4.98 Å². The third-order valence-electron chi connectivity index (χ3n) is 3.07. The zero-order chi connectivity index (χ0) is 15.4. The molecular weight excluding hydrogens is 309 g/mol. The van der Waals surface area contributed by atoms with Crippen LogP contribution in [0.25, 0.3) is 0 Å². The summed E-state index contributed by atoms with van der Waals surface area (Å²) in [6.45, 7) is 2.88. The molecule has 0 unspecified atom stereocenters. The largest absolute Gasteiger partial charge is 0.396 e. The van der Waals surface area contributed by atoms with Crippen molar-refractivity contribution < 1.29 is 4.79 Å². The highest BCUT2D eigenvalue weighted by atomic mass is 35.5. The third-order valence-corrected chi connectivity index (χ3v) is 3.70. The van der Waals surface area contributed by atoms with Gasteiger partial charge in [0.25, 0.3) is 5.91 Å². The van der Waals surface area contributed by atoms with Crippen molar-refractivity contribution in [2.45, 2.75) is 13.5 Å². The average molecular weight is 324 g/mol. The molecule has 0 saturated carbocycles. The van der Waals surface area contributed by atoms with Crippen LogP contribution in [0.3, 0.4) is 0 Å². The van der Waals surface area contributed by atoms with Crippen LogP contribution < -0.4 is 5.73 Å². The summed E-state index contributed by atoms with van der Waals surface area (Å²) in [4.78, 5) is 18.4. The van der Waals surface area contributed by atoms with Gasteiger partial charge in [-0.15, -0.1) is 0 Å². The number of carbonyl (C=O) groups is 1. The van der Waals surface area contributed by atoms with Crippen LogP contribution in [-0.4, -0.2) is 22.3 Å². The van der Waals surface area contributed by atoms with Gasteiger partial charge in [-0.1, -0.05) is 29.3 Å². The zero-order valence-electron chi connectivity index (χ0n) is 11.5. The van der Waals surface area contributed by atoms with E-state index in [1.54, 1.807) is 11.1 Å². The lowest BCUT2D eigenvalue weighted by molar-refractivity contribution is 0.0750. The number of carbonyl (C=O) groups excluding carboxylic acids is 1. The summed E-state index contributed by atoms with van der Waals surface area (Å²) in [6, 6.07) is 8.66. The fraction of sp³-hybridized carbons (Fsp3) is 0.200. The van der Waals surface area contributed by atoms with E-state index in [-0.39, 0.29) is 21.6 Å². The molecule has 4 nitrogen and oxygen atoms in total. The van der Waals surface area contributed by atoms with Crippen molar-refractivity contribution in [2.75, 3.05) is 12.3 Å². The number of hydrogen-bond donors (Lipinski definition) is 1. The smallest absolute Gasteiger partial charge is 0.254 e.